The Morgan fingerprint density at radius 2 is 1.77 bits per heavy atom. The molecule has 0 bridgehead atoms. The molecule has 0 fully saturated rings. The van der Waals surface area contributed by atoms with Gasteiger partial charge in [-0.15, -0.1) is 11.3 Å². The highest BCUT2D eigenvalue weighted by Crippen LogP contribution is 2.44. The number of carbonyl (C=O) groups excluding carboxylic acids is 1. The average Bonchev–Trinajstić information content (AvgIpc) is 3.16. The molecule has 7 heteroatoms. The minimum absolute atomic E-state index is 0.0835. The second kappa shape index (κ2) is 6.59. The first-order valence-electron chi connectivity index (χ1n) is 7.96. The summed E-state index contributed by atoms with van der Waals surface area (Å²) in [6, 6.07) is 18.3. The Morgan fingerprint density at radius 1 is 1.04 bits per heavy atom. The molecule has 1 aliphatic heterocycles. The summed E-state index contributed by atoms with van der Waals surface area (Å²) in [5.74, 6) is 0. The zero-order valence-corrected chi connectivity index (χ0v) is 15.3. The topological polar surface area (TPSA) is 63.7 Å². The first-order chi connectivity index (χ1) is 12.6. The highest BCUT2D eigenvalue weighted by molar-refractivity contribution is 8.06. The molecule has 132 valence electrons. The van der Waals surface area contributed by atoms with Crippen LogP contribution in [0.3, 0.4) is 0 Å². The lowest BCUT2D eigenvalue weighted by atomic mass is 10.0. The minimum atomic E-state index is -4.28. The molecule has 0 saturated heterocycles. The van der Waals surface area contributed by atoms with E-state index in [1.807, 2.05) is 35.7 Å². The maximum Gasteiger partial charge on any atom is 0.445 e. The fourth-order valence-corrected chi connectivity index (χ4v) is 5.04. The molecular weight excluding hydrogens is 370 g/mol. The third kappa shape index (κ3) is 2.89. The lowest BCUT2D eigenvalue weighted by Crippen LogP contribution is -2.37. The Balaban J connectivity index is 1.61. The minimum Gasteiger partial charge on any atom is -0.448 e. The van der Waals surface area contributed by atoms with Gasteiger partial charge in [0.05, 0.1) is 17.1 Å². The number of sulfonamides is 1. The van der Waals surface area contributed by atoms with E-state index in [1.165, 1.54) is 11.3 Å². The number of thiophene rings is 1. The number of nitrogens with zero attached hydrogens (tertiary/aromatic N) is 1. The lowest BCUT2D eigenvalue weighted by molar-refractivity contribution is 0.165. The van der Waals surface area contributed by atoms with Crippen molar-refractivity contribution >= 4 is 32.3 Å². The molecule has 2 aromatic carbocycles. The quantitative estimate of drug-likeness (QED) is 0.627. The van der Waals surface area contributed by atoms with Crippen molar-refractivity contribution < 1.29 is 17.9 Å². The van der Waals surface area contributed by atoms with Crippen LogP contribution >= 0.6 is 11.3 Å². The number of benzene rings is 2. The molecule has 0 atom stereocenters. The summed E-state index contributed by atoms with van der Waals surface area (Å²) < 4.78 is 31.9. The highest BCUT2D eigenvalue weighted by Gasteiger charge is 2.37. The molecule has 0 radical (unpaired) electrons. The van der Waals surface area contributed by atoms with Crippen molar-refractivity contribution in [3.63, 3.8) is 0 Å². The van der Waals surface area contributed by atoms with Gasteiger partial charge in [-0.05, 0) is 28.1 Å². The first kappa shape index (κ1) is 16.8. The molecule has 0 unspecified atom stereocenters. The van der Waals surface area contributed by atoms with Gasteiger partial charge in [0.15, 0.2) is 0 Å². The second-order valence-electron chi connectivity index (χ2n) is 5.83. The molecule has 0 N–H and O–H groups in total. The zero-order valence-electron chi connectivity index (χ0n) is 13.7. The van der Waals surface area contributed by atoms with Crippen molar-refractivity contribution in [2.24, 2.45) is 0 Å². The highest BCUT2D eigenvalue weighted by atomic mass is 32.2. The summed E-state index contributed by atoms with van der Waals surface area (Å²) in [5, 5.41) is 0.586. The number of rotatable bonds is 3. The van der Waals surface area contributed by atoms with Gasteiger partial charge in [-0.25, -0.2) is 4.79 Å². The first-order valence-corrected chi connectivity index (χ1v) is 10.3. The number of hydrogen-bond donors (Lipinski definition) is 0. The van der Waals surface area contributed by atoms with E-state index in [4.69, 9.17) is 4.74 Å². The Labute approximate surface area is 155 Å². The molecule has 3 aromatic rings. The van der Waals surface area contributed by atoms with Crippen molar-refractivity contribution in [1.29, 1.82) is 0 Å². The van der Waals surface area contributed by atoms with Crippen molar-refractivity contribution in [3.05, 3.63) is 77.2 Å². The van der Waals surface area contributed by atoms with E-state index in [2.05, 4.69) is 0 Å². The van der Waals surface area contributed by atoms with Crippen LogP contribution in [0.2, 0.25) is 0 Å². The van der Waals surface area contributed by atoms with Crippen molar-refractivity contribution in [3.8, 4) is 10.4 Å². The summed E-state index contributed by atoms with van der Waals surface area (Å²) in [5.41, 5.74) is 3.12. The Kier molecular flexibility index (Phi) is 4.26. The molecule has 2 heterocycles. The summed E-state index contributed by atoms with van der Waals surface area (Å²) in [6.07, 6.45) is 0. The van der Waals surface area contributed by atoms with Crippen molar-refractivity contribution in [2.75, 3.05) is 4.31 Å². The van der Waals surface area contributed by atoms with E-state index in [9.17, 15) is 13.2 Å². The fraction of sp³-hybridized carbons (Fsp3) is 0.105. The average molecular weight is 385 g/mol. The standard InChI is InChI=1S/C19H15NO4S2/c21-19(24-13-14-6-2-1-3-7-14)26(22,23)20-12-15-8-4-5-9-16(15)18-17(20)10-11-25-18/h1-11H,12-13H2. The summed E-state index contributed by atoms with van der Waals surface area (Å²) in [6.45, 7) is 0.0303. The van der Waals surface area contributed by atoms with Gasteiger partial charge in [-0.3, -0.25) is 4.31 Å². The van der Waals surface area contributed by atoms with Crippen LogP contribution in [0.4, 0.5) is 10.5 Å². The van der Waals surface area contributed by atoms with Gasteiger partial charge < -0.3 is 4.74 Å². The second-order valence-corrected chi connectivity index (χ2v) is 8.47. The molecule has 1 aromatic heterocycles. The third-order valence-corrected chi connectivity index (χ3v) is 6.57. The predicted molar refractivity (Wildman–Crippen MR) is 101 cm³/mol. The number of hydrogen-bond acceptors (Lipinski definition) is 5. The van der Waals surface area contributed by atoms with Crippen LogP contribution < -0.4 is 4.31 Å². The van der Waals surface area contributed by atoms with Gasteiger partial charge in [0.2, 0.25) is 0 Å². The molecule has 5 nitrogen and oxygen atoms in total. The van der Waals surface area contributed by atoms with Crippen LogP contribution in [-0.4, -0.2) is 13.7 Å². The van der Waals surface area contributed by atoms with Crippen LogP contribution in [0.5, 0.6) is 0 Å². The summed E-state index contributed by atoms with van der Waals surface area (Å²) in [7, 11) is -4.28. The van der Waals surface area contributed by atoms with Crippen LogP contribution in [-0.2, 0) is 27.9 Å². The van der Waals surface area contributed by atoms with E-state index in [1.54, 1.807) is 30.3 Å². The van der Waals surface area contributed by atoms with Crippen molar-refractivity contribution in [2.45, 2.75) is 13.2 Å². The maximum atomic E-state index is 12.8. The fourth-order valence-electron chi connectivity index (χ4n) is 2.92. The van der Waals surface area contributed by atoms with Gasteiger partial charge in [-0.1, -0.05) is 54.6 Å². The molecule has 0 saturated carbocycles. The molecule has 4 rings (SSSR count). The largest absolute Gasteiger partial charge is 0.448 e. The van der Waals surface area contributed by atoms with Gasteiger partial charge in [0, 0.05) is 0 Å². The third-order valence-electron chi connectivity index (χ3n) is 4.19. The van der Waals surface area contributed by atoms with Gasteiger partial charge in [0.25, 0.3) is 0 Å². The number of ether oxygens (including phenoxy) is 1. The molecule has 26 heavy (non-hydrogen) atoms. The predicted octanol–water partition coefficient (Wildman–Crippen LogP) is 4.40. The van der Waals surface area contributed by atoms with Gasteiger partial charge in [0.1, 0.15) is 6.61 Å². The maximum absolute atomic E-state index is 12.8. The van der Waals surface area contributed by atoms with Gasteiger partial charge >= 0.3 is 15.3 Å². The SMILES string of the molecule is O=C(OCc1ccccc1)S(=O)(=O)N1Cc2ccccc2-c2sccc21. The smallest absolute Gasteiger partial charge is 0.445 e. The van der Waals surface area contributed by atoms with Crippen LogP contribution in [0, 0.1) is 0 Å². The molecule has 0 amide bonds. The van der Waals surface area contributed by atoms with E-state index in [0.717, 1.165) is 25.9 Å². The summed E-state index contributed by atoms with van der Waals surface area (Å²) >= 11 is 1.45. The molecule has 0 aliphatic carbocycles. The zero-order chi connectivity index (χ0) is 18.1. The van der Waals surface area contributed by atoms with Crippen LogP contribution in [0.25, 0.3) is 10.4 Å². The van der Waals surface area contributed by atoms with E-state index in [-0.39, 0.29) is 13.2 Å². The number of carbonyl (C=O) groups is 1. The van der Waals surface area contributed by atoms with Crippen molar-refractivity contribution in [1.82, 2.24) is 0 Å². The lowest BCUT2D eigenvalue weighted by Gasteiger charge is -2.28. The van der Waals surface area contributed by atoms with E-state index < -0.39 is 15.3 Å². The Hall–Kier alpha value is -2.64. The normalized spacial score (nSPS) is 13.0. The van der Waals surface area contributed by atoms with Crippen LogP contribution in [0.1, 0.15) is 11.1 Å². The Bertz CT molecular complexity index is 1060. The molecule has 0 spiro atoms. The number of anilines is 1. The van der Waals surface area contributed by atoms with Crippen LogP contribution in [0.15, 0.2) is 66.0 Å². The van der Waals surface area contributed by atoms with E-state index in [0.29, 0.717) is 5.69 Å². The summed E-state index contributed by atoms with van der Waals surface area (Å²) in [4.78, 5) is 13.2. The molecular formula is C19H15NO4S2. The Morgan fingerprint density at radius 3 is 2.58 bits per heavy atom. The monoisotopic (exact) mass is 385 g/mol. The van der Waals surface area contributed by atoms with E-state index >= 15 is 0 Å². The van der Waals surface area contributed by atoms with Gasteiger partial charge in [-0.2, -0.15) is 8.42 Å². The molecule has 1 aliphatic rings. The number of fused-ring (bicyclic) bond motifs is 3.